The van der Waals surface area contributed by atoms with E-state index in [-0.39, 0.29) is 5.82 Å². The molecule has 0 radical (unpaired) electrons. The Bertz CT molecular complexity index is 1030. The maximum atomic E-state index is 13.1. The van der Waals surface area contributed by atoms with Gasteiger partial charge in [0.1, 0.15) is 5.82 Å². The quantitative estimate of drug-likeness (QED) is 0.491. The summed E-state index contributed by atoms with van der Waals surface area (Å²) in [5, 5.41) is 11.7. The van der Waals surface area contributed by atoms with Gasteiger partial charge in [-0.15, -0.1) is 0 Å². The van der Waals surface area contributed by atoms with E-state index in [2.05, 4.69) is 15.3 Å². The van der Waals surface area contributed by atoms with Crippen LogP contribution in [0.3, 0.4) is 0 Å². The predicted octanol–water partition coefficient (Wildman–Crippen LogP) is 4.22. The van der Waals surface area contributed by atoms with Crippen LogP contribution in [0.2, 0.25) is 5.02 Å². The Kier molecular flexibility index (Phi) is 5.88. The van der Waals surface area contributed by atoms with Crippen LogP contribution in [-0.2, 0) is 6.42 Å². The topological polar surface area (TPSA) is 64.4 Å². The fraction of sp³-hybridized carbons (Fsp3) is 0.167. The molecule has 0 amide bonds. The molecule has 27 heavy (non-hydrogen) atoms. The molecule has 6 nitrogen and oxygen atoms in total. The largest absolute Gasteiger partial charge is 0.493 e. The Morgan fingerprint density at radius 3 is 2.63 bits per heavy atom. The fourth-order valence-electron chi connectivity index (χ4n) is 2.47. The van der Waals surface area contributed by atoms with E-state index in [1.54, 1.807) is 30.5 Å². The van der Waals surface area contributed by atoms with Gasteiger partial charge >= 0.3 is 0 Å². The van der Waals surface area contributed by atoms with Gasteiger partial charge in [0.05, 0.1) is 25.5 Å². The maximum absolute atomic E-state index is 13.1. The van der Waals surface area contributed by atoms with Crippen LogP contribution in [0.4, 0.5) is 4.39 Å². The van der Waals surface area contributed by atoms with Gasteiger partial charge in [-0.2, -0.15) is 14.9 Å². The van der Waals surface area contributed by atoms with Crippen LogP contribution < -0.4 is 9.47 Å². The van der Waals surface area contributed by atoms with Crippen LogP contribution in [-0.4, -0.2) is 35.3 Å². The molecule has 1 aromatic heterocycles. The number of aromatic nitrogens is 3. The van der Waals surface area contributed by atoms with E-state index >= 15 is 0 Å². The Morgan fingerprint density at radius 2 is 1.96 bits per heavy atom. The summed E-state index contributed by atoms with van der Waals surface area (Å²) in [6, 6.07) is 9.66. The highest BCUT2D eigenvalue weighted by atomic mass is 35.5. The molecule has 0 saturated carbocycles. The Morgan fingerprint density at radius 1 is 1.22 bits per heavy atom. The summed E-state index contributed by atoms with van der Waals surface area (Å²) in [6.07, 6.45) is 1.99. The number of nitrogens with zero attached hydrogens (tertiary/aromatic N) is 3. The van der Waals surface area contributed by atoms with Crippen LogP contribution in [0.1, 0.15) is 17.0 Å². The number of nitrogens with one attached hydrogen (secondary N) is 1. The molecule has 0 bridgehead atoms. The number of halogens is 2. The van der Waals surface area contributed by atoms with Crippen molar-refractivity contribution >= 4 is 30.0 Å². The summed E-state index contributed by atoms with van der Waals surface area (Å²) in [4.78, 5) is 0. The minimum absolute atomic E-state index is 0.293. The Balaban J connectivity index is 1.91. The number of hydrogen-bond donors (Lipinski definition) is 1. The van der Waals surface area contributed by atoms with Gasteiger partial charge in [-0.05, 0) is 42.0 Å². The van der Waals surface area contributed by atoms with Crippen molar-refractivity contribution in [3.05, 3.63) is 69.0 Å². The van der Waals surface area contributed by atoms with Crippen LogP contribution in [0, 0.1) is 10.6 Å². The normalized spacial score (nSPS) is 11.1. The SMILES string of the molecule is COc1ccc(/C=N\n2c(Cc3ccc(F)cc3)n[nH]c2=S)c(Cl)c1OC. The summed E-state index contributed by atoms with van der Waals surface area (Å²) in [7, 11) is 3.05. The third kappa shape index (κ3) is 4.17. The van der Waals surface area contributed by atoms with Gasteiger partial charge in [-0.25, -0.2) is 4.39 Å². The second-order valence-corrected chi connectivity index (χ2v) is 6.27. The summed E-state index contributed by atoms with van der Waals surface area (Å²) in [6.45, 7) is 0. The van der Waals surface area contributed by atoms with Crippen LogP contribution in [0.5, 0.6) is 11.5 Å². The van der Waals surface area contributed by atoms with Gasteiger partial charge in [0.25, 0.3) is 0 Å². The molecule has 0 fully saturated rings. The number of benzene rings is 2. The molecule has 2 aromatic carbocycles. The second kappa shape index (κ2) is 8.32. The van der Waals surface area contributed by atoms with Gasteiger partial charge in [-0.3, -0.25) is 5.10 Å². The van der Waals surface area contributed by atoms with Gasteiger partial charge in [0, 0.05) is 12.0 Å². The first-order valence-corrected chi connectivity index (χ1v) is 8.67. The van der Waals surface area contributed by atoms with Crippen molar-refractivity contribution < 1.29 is 13.9 Å². The molecule has 3 aromatic rings. The monoisotopic (exact) mass is 406 g/mol. The number of H-pyrrole nitrogens is 1. The molecule has 1 N–H and O–H groups in total. The highest BCUT2D eigenvalue weighted by Gasteiger charge is 2.12. The molecule has 0 aliphatic heterocycles. The van der Waals surface area contributed by atoms with Gasteiger partial charge in [-0.1, -0.05) is 23.7 Å². The van der Waals surface area contributed by atoms with Crippen molar-refractivity contribution in [3.63, 3.8) is 0 Å². The number of aromatic amines is 1. The highest BCUT2D eigenvalue weighted by molar-refractivity contribution is 7.71. The average Bonchev–Trinajstić information content (AvgIpc) is 3.01. The van der Waals surface area contributed by atoms with Crippen molar-refractivity contribution in [2.24, 2.45) is 5.10 Å². The summed E-state index contributed by atoms with van der Waals surface area (Å²) < 4.78 is 25.4. The lowest BCUT2D eigenvalue weighted by Crippen LogP contribution is -2.01. The van der Waals surface area contributed by atoms with E-state index < -0.39 is 0 Å². The van der Waals surface area contributed by atoms with Crippen LogP contribution in [0.15, 0.2) is 41.5 Å². The zero-order valence-electron chi connectivity index (χ0n) is 14.6. The standard InChI is InChI=1S/C18H16ClFN4O2S/c1-25-14-8-5-12(16(19)17(14)26-2)10-21-24-15(22-23-18(24)27)9-11-3-6-13(20)7-4-11/h3-8,10H,9H2,1-2H3,(H,23,27)/b21-10-. The van der Waals surface area contributed by atoms with Gasteiger partial charge < -0.3 is 9.47 Å². The Hall–Kier alpha value is -2.71. The van der Waals surface area contributed by atoms with Crippen molar-refractivity contribution in [3.8, 4) is 11.5 Å². The number of ether oxygens (including phenoxy) is 2. The number of methoxy groups -OCH3 is 2. The minimum atomic E-state index is -0.293. The van der Waals surface area contributed by atoms with E-state index in [4.69, 9.17) is 33.3 Å². The first-order valence-electron chi connectivity index (χ1n) is 7.89. The zero-order valence-corrected chi connectivity index (χ0v) is 16.1. The van der Waals surface area contributed by atoms with Gasteiger partial charge in [0.2, 0.25) is 4.77 Å². The molecule has 0 aliphatic rings. The first-order chi connectivity index (χ1) is 13.0. The molecule has 0 atom stereocenters. The lowest BCUT2D eigenvalue weighted by Gasteiger charge is -2.10. The summed E-state index contributed by atoms with van der Waals surface area (Å²) >= 11 is 11.6. The molecule has 0 spiro atoms. The van der Waals surface area contributed by atoms with Gasteiger partial charge in [0.15, 0.2) is 17.3 Å². The maximum Gasteiger partial charge on any atom is 0.216 e. The first kappa shape index (κ1) is 19.1. The zero-order chi connectivity index (χ0) is 19.4. The molecule has 0 saturated heterocycles. The molecular formula is C18H16ClFN4O2S. The van der Waals surface area contributed by atoms with E-state index in [1.807, 2.05) is 0 Å². The summed E-state index contributed by atoms with van der Waals surface area (Å²) in [5.74, 6) is 1.24. The van der Waals surface area contributed by atoms with Crippen molar-refractivity contribution in [1.29, 1.82) is 0 Å². The lowest BCUT2D eigenvalue weighted by atomic mass is 10.1. The molecule has 0 aliphatic carbocycles. The molecule has 0 unspecified atom stereocenters. The third-order valence-corrected chi connectivity index (χ3v) is 4.47. The lowest BCUT2D eigenvalue weighted by molar-refractivity contribution is 0.355. The smallest absolute Gasteiger partial charge is 0.216 e. The van der Waals surface area contributed by atoms with Crippen molar-refractivity contribution in [2.75, 3.05) is 14.2 Å². The van der Waals surface area contributed by atoms with E-state index in [1.165, 1.54) is 31.0 Å². The highest BCUT2D eigenvalue weighted by Crippen LogP contribution is 2.36. The van der Waals surface area contributed by atoms with Crippen molar-refractivity contribution in [2.45, 2.75) is 6.42 Å². The molecule has 3 rings (SSSR count). The van der Waals surface area contributed by atoms with Crippen LogP contribution >= 0.6 is 23.8 Å². The number of rotatable bonds is 6. The van der Waals surface area contributed by atoms with Crippen molar-refractivity contribution in [1.82, 2.24) is 14.9 Å². The van der Waals surface area contributed by atoms with E-state index in [0.717, 1.165) is 5.56 Å². The average molecular weight is 407 g/mol. The molecular weight excluding hydrogens is 391 g/mol. The van der Waals surface area contributed by atoms with E-state index in [9.17, 15) is 4.39 Å². The fourth-order valence-corrected chi connectivity index (χ4v) is 2.95. The second-order valence-electron chi connectivity index (χ2n) is 5.51. The molecule has 140 valence electrons. The Labute approximate surface area is 165 Å². The van der Waals surface area contributed by atoms with Crippen LogP contribution in [0.25, 0.3) is 0 Å². The minimum Gasteiger partial charge on any atom is -0.493 e. The predicted molar refractivity (Wildman–Crippen MR) is 104 cm³/mol. The number of hydrogen-bond acceptors (Lipinski definition) is 5. The molecule has 1 heterocycles. The molecule has 9 heteroatoms. The summed E-state index contributed by atoms with van der Waals surface area (Å²) in [5.41, 5.74) is 1.51. The van der Waals surface area contributed by atoms with E-state index in [0.29, 0.717) is 39.1 Å². The third-order valence-electron chi connectivity index (χ3n) is 3.82.